The number of rotatable bonds is 6. The predicted octanol–water partition coefficient (Wildman–Crippen LogP) is 3.44. The molecule has 152 valence electrons. The first-order valence-electron chi connectivity index (χ1n) is 8.31. The van der Waals surface area contributed by atoms with Gasteiger partial charge < -0.3 is 20.3 Å². The Balaban J connectivity index is 1.85. The van der Waals surface area contributed by atoms with Crippen molar-refractivity contribution in [1.82, 2.24) is 9.88 Å². The van der Waals surface area contributed by atoms with Gasteiger partial charge in [-0.15, -0.1) is 0 Å². The zero-order valence-electron chi connectivity index (χ0n) is 14.7. The van der Waals surface area contributed by atoms with Gasteiger partial charge in [-0.25, -0.2) is 18.4 Å². The molecule has 0 saturated carbocycles. The van der Waals surface area contributed by atoms with Gasteiger partial charge in [0.15, 0.2) is 6.61 Å². The van der Waals surface area contributed by atoms with Crippen molar-refractivity contribution >= 4 is 38.8 Å². The third-order valence-electron chi connectivity index (χ3n) is 4.09. The molecule has 3 N–H and O–H groups in total. The van der Waals surface area contributed by atoms with E-state index in [0.717, 1.165) is 16.7 Å². The molecular weight excluding hydrogens is 454 g/mol. The normalized spacial score (nSPS) is 12.0. The topological polar surface area (TPSA) is 101 Å². The summed E-state index contributed by atoms with van der Waals surface area (Å²) in [7, 11) is 0. The number of amides is 1. The van der Waals surface area contributed by atoms with Crippen LogP contribution in [0.4, 0.5) is 13.6 Å². The van der Waals surface area contributed by atoms with Crippen molar-refractivity contribution in [2.75, 3.05) is 13.2 Å². The van der Waals surface area contributed by atoms with Crippen molar-refractivity contribution in [3.63, 3.8) is 0 Å². The van der Waals surface area contributed by atoms with Gasteiger partial charge in [-0.1, -0.05) is 0 Å². The lowest BCUT2D eigenvalue weighted by Crippen LogP contribution is -2.34. The van der Waals surface area contributed by atoms with Gasteiger partial charge in [0.05, 0.1) is 22.6 Å². The number of aliphatic carboxylic acids is 1. The second-order valence-corrected chi connectivity index (χ2v) is 6.95. The zero-order chi connectivity index (χ0) is 21.1. The summed E-state index contributed by atoms with van der Waals surface area (Å²) < 4.78 is 34.1. The standard InChI is InChI=1S/C19H15BrF2N2O5/c20-14-5-10-1-2-24(17(10)7-15(14)22)19(28)23-16(8-25)11-3-12(21)6-13(4-11)29-9-18(26)27/h1-7,16,25H,8-9H2,(H,23,28)(H,26,27)/t16-/m1/s1. The lowest BCUT2D eigenvalue weighted by atomic mass is 10.1. The van der Waals surface area contributed by atoms with Gasteiger partial charge >= 0.3 is 12.0 Å². The van der Waals surface area contributed by atoms with E-state index in [4.69, 9.17) is 9.84 Å². The quantitative estimate of drug-likeness (QED) is 0.514. The van der Waals surface area contributed by atoms with Gasteiger partial charge in [-0.05, 0) is 51.8 Å². The van der Waals surface area contributed by atoms with Crippen molar-refractivity contribution < 1.29 is 33.3 Å². The van der Waals surface area contributed by atoms with Crippen molar-refractivity contribution in [3.8, 4) is 5.75 Å². The van der Waals surface area contributed by atoms with Gasteiger partial charge in [0.2, 0.25) is 0 Å². The average molecular weight is 469 g/mol. The minimum atomic E-state index is -1.24. The van der Waals surface area contributed by atoms with E-state index < -0.39 is 42.9 Å². The lowest BCUT2D eigenvalue weighted by molar-refractivity contribution is -0.139. The number of carboxylic acids is 1. The number of aromatic nitrogens is 1. The van der Waals surface area contributed by atoms with E-state index in [9.17, 15) is 23.5 Å². The van der Waals surface area contributed by atoms with Crippen LogP contribution in [0.3, 0.4) is 0 Å². The molecule has 0 unspecified atom stereocenters. The van der Waals surface area contributed by atoms with Crippen LogP contribution >= 0.6 is 15.9 Å². The molecular formula is C19H15BrF2N2O5. The second-order valence-electron chi connectivity index (χ2n) is 6.10. The zero-order valence-corrected chi connectivity index (χ0v) is 16.3. The summed E-state index contributed by atoms with van der Waals surface area (Å²) in [5.41, 5.74) is 0.483. The number of nitrogens with one attached hydrogen (secondary N) is 1. The van der Waals surface area contributed by atoms with E-state index in [1.807, 2.05) is 0 Å². The average Bonchev–Trinajstić information content (AvgIpc) is 3.06. The van der Waals surface area contributed by atoms with Crippen LogP contribution in [-0.4, -0.2) is 40.0 Å². The van der Waals surface area contributed by atoms with Crippen LogP contribution in [0, 0.1) is 11.6 Å². The maximum atomic E-state index is 13.9. The number of aliphatic hydroxyl groups is 1. The van der Waals surface area contributed by atoms with Crippen LogP contribution in [0.25, 0.3) is 10.9 Å². The monoisotopic (exact) mass is 468 g/mol. The molecule has 1 amide bonds. The van der Waals surface area contributed by atoms with Crippen LogP contribution in [-0.2, 0) is 4.79 Å². The molecule has 10 heteroatoms. The second kappa shape index (κ2) is 8.58. The number of benzene rings is 2. The van der Waals surface area contributed by atoms with Crippen molar-refractivity contribution in [2.45, 2.75) is 6.04 Å². The Morgan fingerprint density at radius 1 is 1.21 bits per heavy atom. The molecule has 0 spiro atoms. The van der Waals surface area contributed by atoms with Crippen LogP contribution < -0.4 is 10.1 Å². The molecule has 29 heavy (non-hydrogen) atoms. The first-order valence-corrected chi connectivity index (χ1v) is 9.10. The minimum Gasteiger partial charge on any atom is -0.482 e. The number of hydrogen-bond acceptors (Lipinski definition) is 4. The number of fused-ring (bicyclic) bond motifs is 1. The van der Waals surface area contributed by atoms with Crippen LogP contribution in [0.2, 0.25) is 0 Å². The molecule has 0 aliphatic heterocycles. The largest absolute Gasteiger partial charge is 0.482 e. The van der Waals surface area contributed by atoms with Crippen molar-refractivity contribution in [3.05, 3.63) is 64.3 Å². The Hall–Kier alpha value is -2.98. The maximum absolute atomic E-state index is 13.9. The summed E-state index contributed by atoms with van der Waals surface area (Å²) in [4.78, 5) is 23.3. The summed E-state index contributed by atoms with van der Waals surface area (Å²) in [5, 5.41) is 21.5. The van der Waals surface area contributed by atoms with Crippen LogP contribution in [0.5, 0.6) is 5.75 Å². The summed E-state index contributed by atoms with van der Waals surface area (Å²) in [5.74, 6) is -2.57. The van der Waals surface area contributed by atoms with Crippen molar-refractivity contribution in [1.29, 1.82) is 0 Å². The fourth-order valence-corrected chi connectivity index (χ4v) is 3.13. The number of ether oxygens (including phenoxy) is 1. The number of nitrogens with zero attached hydrogens (tertiary/aromatic N) is 1. The molecule has 2 aromatic carbocycles. The number of halogens is 3. The molecule has 1 aromatic heterocycles. The van der Waals surface area contributed by atoms with Gasteiger partial charge in [0.25, 0.3) is 0 Å². The highest BCUT2D eigenvalue weighted by molar-refractivity contribution is 9.10. The molecule has 3 aromatic rings. The van der Waals surface area contributed by atoms with Crippen LogP contribution in [0.15, 0.2) is 47.1 Å². The van der Waals surface area contributed by atoms with Crippen molar-refractivity contribution in [2.24, 2.45) is 0 Å². The van der Waals surface area contributed by atoms with E-state index in [1.54, 1.807) is 6.07 Å². The molecule has 0 aliphatic rings. The smallest absolute Gasteiger partial charge is 0.341 e. The van der Waals surface area contributed by atoms with Gasteiger partial charge in [0.1, 0.15) is 17.4 Å². The molecule has 0 saturated heterocycles. The molecule has 3 rings (SSSR count). The third kappa shape index (κ3) is 4.72. The number of aliphatic hydroxyl groups excluding tert-OH is 1. The molecule has 0 aliphatic carbocycles. The fourth-order valence-electron chi connectivity index (χ4n) is 2.77. The maximum Gasteiger partial charge on any atom is 0.341 e. The molecule has 0 fully saturated rings. The third-order valence-corrected chi connectivity index (χ3v) is 4.70. The van der Waals surface area contributed by atoms with Gasteiger partial charge in [-0.2, -0.15) is 0 Å². The summed E-state index contributed by atoms with van der Waals surface area (Å²) >= 11 is 3.08. The first kappa shape index (κ1) is 20.7. The number of carbonyl (C=O) groups is 2. The molecule has 0 radical (unpaired) electrons. The summed E-state index contributed by atoms with van der Waals surface area (Å²) in [6.07, 6.45) is 1.44. The highest BCUT2D eigenvalue weighted by atomic mass is 79.9. The van der Waals surface area contributed by atoms with E-state index in [-0.39, 0.29) is 15.8 Å². The number of carboxylic acid groups (broad SMARTS) is 1. The SMILES string of the molecule is O=C(O)COc1cc(F)cc([C@@H](CO)NC(=O)n2ccc3cc(Br)c(F)cc32)c1. The summed E-state index contributed by atoms with van der Waals surface area (Å²) in [6.45, 7) is -1.23. The minimum absolute atomic E-state index is 0.0616. The Labute approximate surface area is 171 Å². The Kier molecular flexibility index (Phi) is 6.14. The highest BCUT2D eigenvalue weighted by Crippen LogP contribution is 2.25. The van der Waals surface area contributed by atoms with E-state index in [1.165, 1.54) is 24.4 Å². The van der Waals surface area contributed by atoms with Crippen LogP contribution in [0.1, 0.15) is 11.6 Å². The van der Waals surface area contributed by atoms with Gasteiger partial charge in [-0.3, -0.25) is 4.57 Å². The Morgan fingerprint density at radius 3 is 2.66 bits per heavy atom. The summed E-state index contributed by atoms with van der Waals surface area (Å²) in [6, 6.07) is 6.04. The number of hydrogen-bond donors (Lipinski definition) is 3. The highest BCUT2D eigenvalue weighted by Gasteiger charge is 2.19. The van der Waals surface area contributed by atoms with E-state index in [0.29, 0.717) is 10.9 Å². The Morgan fingerprint density at radius 2 is 1.97 bits per heavy atom. The molecule has 1 atom stereocenters. The number of carbonyl (C=O) groups excluding carboxylic acids is 1. The molecule has 1 heterocycles. The molecule has 0 bridgehead atoms. The Bertz CT molecular complexity index is 1090. The lowest BCUT2D eigenvalue weighted by Gasteiger charge is -2.18. The fraction of sp³-hybridized carbons (Fsp3) is 0.158. The van der Waals surface area contributed by atoms with E-state index >= 15 is 0 Å². The predicted molar refractivity (Wildman–Crippen MR) is 103 cm³/mol. The van der Waals surface area contributed by atoms with Gasteiger partial charge in [0, 0.05) is 17.6 Å². The van der Waals surface area contributed by atoms with E-state index in [2.05, 4.69) is 21.2 Å². The first-order chi connectivity index (χ1) is 13.8. The molecule has 7 nitrogen and oxygen atoms in total.